The summed E-state index contributed by atoms with van der Waals surface area (Å²) in [6.45, 7) is 5.85. The van der Waals surface area contributed by atoms with E-state index in [1.54, 1.807) is 0 Å². The molecule has 4 heteroatoms. The van der Waals surface area contributed by atoms with Crippen molar-refractivity contribution >= 4 is 5.97 Å². The first-order chi connectivity index (χ1) is 9.49. The molecule has 1 aliphatic rings. The van der Waals surface area contributed by atoms with Gasteiger partial charge in [0.1, 0.15) is 5.82 Å². The van der Waals surface area contributed by atoms with E-state index in [2.05, 4.69) is 11.8 Å². The number of carboxylic acids is 1. The molecule has 0 aliphatic carbocycles. The van der Waals surface area contributed by atoms with Crippen LogP contribution in [0.1, 0.15) is 38.2 Å². The Labute approximate surface area is 119 Å². The number of benzene rings is 1. The third-order valence-corrected chi connectivity index (χ3v) is 4.38. The molecule has 0 spiro atoms. The van der Waals surface area contributed by atoms with Crippen LogP contribution in [0.2, 0.25) is 0 Å². The van der Waals surface area contributed by atoms with Crippen LogP contribution in [0, 0.1) is 11.7 Å². The summed E-state index contributed by atoms with van der Waals surface area (Å²) in [5.41, 5.74) is 1.09. The minimum absolute atomic E-state index is 0.0594. The molecule has 3 nitrogen and oxygen atoms in total. The zero-order chi connectivity index (χ0) is 14.7. The van der Waals surface area contributed by atoms with Crippen molar-refractivity contribution in [3.63, 3.8) is 0 Å². The Balaban J connectivity index is 2.01. The number of aliphatic carboxylic acids is 1. The van der Waals surface area contributed by atoms with Crippen LogP contribution in [0.4, 0.5) is 4.39 Å². The summed E-state index contributed by atoms with van der Waals surface area (Å²) in [5.74, 6) is -0.926. The summed E-state index contributed by atoms with van der Waals surface area (Å²) in [6.07, 6.45) is 1.69. The molecular weight excluding hydrogens is 257 g/mol. The number of halogens is 1. The van der Waals surface area contributed by atoms with Gasteiger partial charge in [-0.2, -0.15) is 0 Å². The second-order valence-electron chi connectivity index (χ2n) is 5.78. The van der Waals surface area contributed by atoms with Crippen molar-refractivity contribution in [2.75, 3.05) is 13.1 Å². The van der Waals surface area contributed by atoms with Crippen molar-refractivity contribution in [2.24, 2.45) is 5.92 Å². The Bertz CT molecular complexity index is 460. The Kier molecular flexibility index (Phi) is 4.76. The minimum atomic E-state index is -0.698. The summed E-state index contributed by atoms with van der Waals surface area (Å²) < 4.78 is 12.9. The van der Waals surface area contributed by atoms with Gasteiger partial charge in [0.2, 0.25) is 0 Å². The van der Waals surface area contributed by atoms with E-state index in [0.717, 1.165) is 31.5 Å². The largest absolute Gasteiger partial charge is 0.481 e. The topological polar surface area (TPSA) is 40.5 Å². The van der Waals surface area contributed by atoms with Crippen LogP contribution in [-0.4, -0.2) is 35.1 Å². The van der Waals surface area contributed by atoms with Crippen LogP contribution in [0.5, 0.6) is 0 Å². The average Bonchev–Trinajstić information content (AvgIpc) is 2.41. The summed E-state index contributed by atoms with van der Waals surface area (Å²) >= 11 is 0. The van der Waals surface area contributed by atoms with E-state index < -0.39 is 5.97 Å². The van der Waals surface area contributed by atoms with E-state index in [9.17, 15) is 14.3 Å². The summed E-state index contributed by atoms with van der Waals surface area (Å²) in [7, 11) is 0. The lowest BCUT2D eigenvalue weighted by Gasteiger charge is -2.38. The van der Waals surface area contributed by atoms with Crippen LogP contribution >= 0.6 is 0 Å². The second-order valence-corrected chi connectivity index (χ2v) is 5.78. The molecule has 0 aromatic heterocycles. The van der Waals surface area contributed by atoms with E-state index >= 15 is 0 Å². The average molecular weight is 279 g/mol. The van der Waals surface area contributed by atoms with E-state index in [1.165, 1.54) is 12.1 Å². The first-order valence-electron chi connectivity index (χ1n) is 7.21. The van der Waals surface area contributed by atoms with Crippen molar-refractivity contribution in [3.8, 4) is 0 Å². The zero-order valence-electron chi connectivity index (χ0n) is 12.1. The zero-order valence-corrected chi connectivity index (χ0v) is 12.1. The quantitative estimate of drug-likeness (QED) is 0.920. The lowest BCUT2D eigenvalue weighted by molar-refractivity contribution is -0.145. The molecular formula is C16H22FNO2. The van der Waals surface area contributed by atoms with Gasteiger partial charge >= 0.3 is 5.97 Å². The van der Waals surface area contributed by atoms with Gasteiger partial charge in [-0.25, -0.2) is 4.39 Å². The molecule has 0 amide bonds. The maximum atomic E-state index is 12.9. The molecule has 1 heterocycles. The van der Waals surface area contributed by atoms with Gasteiger partial charge < -0.3 is 5.11 Å². The third kappa shape index (κ3) is 3.37. The fourth-order valence-corrected chi connectivity index (χ4v) is 3.05. The first kappa shape index (κ1) is 15.0. The van der Waals surface area contributed by atoms with Gasteiger partial charge in [-0.1, -0.05) is 19.1 Å². The molecule has 2 rings (SSSR count). The molecule has 1 N–H and O–H groups in total. The third-order valence-electron chi connectivity index (χ3n) is 4.38. The Morgan fingerprint density at radius 1 is 1.45 bits per heavy atom. The van der Waals surface area contributed by atoms with E-state index in [0.29, 0.717) is 0 Å². The standard InChI is InChI=1S/C16H22FNO2/c1-11(13-5-7-14(17)8-6-13)10-18-9-3-4-15(12(18)2)16(19)20/h5-8,11-12,15H,3-4,9-10H2,1-2H3,(H,19,20)/t11?,12-,15-/m0/s1. The highest BCUT2D eigenvalue weighted by Gasteiger charge is 2.33. The number of carbonyl (C=O) groups is 1. The van der Waals surface area contributed by atoms with Crippen molar-refractivity contribution in [3.05, 3.63) is 35.6 Å². The lowest BCUT2D eigenvalue weighted by Crippen LogP contribution is -2.47. The first-order valence-corrected chi connectivity index (χ1v) is 7.21. The number of likely N-dealkylation sites (tertiary alicyclic amines) is 1. The predicted octanol–water partition coefficient (Wildman–Crippen LogP) is 3.11. The van der Waals surface area contributed by atoms with Crippen LogP contribution in [0.15, 0.2) is 24.3 Å². The van der Waals surface area contributed by atoms with E-state index in [1.807, 2.05) is 19.1 Å². The molecule has 1 aromatic rings. The smallest absolute Gasteiger partial charge is 0.308 e. The highest BCUT2D eigenvalue weighted by molar-refractivity contribution is 5.70. The monoisotopic (exact) mass is 279 g/mol. The summed E-state index contributed by atoms with van der Waals surface area (Å²) in [5, 5.41) is 9.24. The Morgan fingerprint density at radius 3 is 2.70 bits per heavy atom. The highest BCUT2D eigenvalue weighted by atomic mass is 19.1. The van der Waals surface area contributed by atoms with Gasteiger partial charge in [-0.05, 0) is 49.9 Å². The molecule has 1 fully saturated rings. The fraction of sp³-hybridized carbons (Fsp3) is 0.562. The summed E-state index contributed by atoms with van der Waals surface area (Å²) in [6, 6.07) is 6.63. The number of piperidine rings is 1. The molecule has 0 saturated carbocycles. The SMILES string of the molecule is CC(CN1CCC[C@H](C(=O)O)[C@@H]1C)c1ccc(F)cc1. The molecule has 1 unspecified atom stereocenters. The van der Waals surface area contributed by atoms with Gasteiger partial charge in [0.15, 0.2) is 0 Å². The molecule has 3 atom stereocenters. The molecule has 1 aliphatic heterocycles. The number of hydrogen-bond donors (Lipinski definition) is 1. The van der Waals surface area contributed by atoms with Crippen molar-refractivity contribution in [2.45, 2.75) is 38.6 Å². The molecule has 110 valence electrons. The number of hydrogen-bond acceptors (Lipinski definition) is 2. The summed E-state index contributed by atoms with van der Waals surface area (Å²) in [4.78, 5) is 13.5. The Morgan fingerprint density at radius 2 is 2.10 bits per heavy atom. The molecule has 1 saturated heterocycles. The molecule has 1 aromatic carbocycles. The van der Waals surface area contributed by atoms with Crippen molar-refractivity contribution in [1.29, 1.82) is 0 Å². The van der Waals surface area contributed by atoms with Gasteiger partial charge in [-0.3, -0.25) is 9.69 Å². The normalized spacial score (nSPS) is 25.4. The molecule has 0 bridgehead atoms. The second kappa shape index (κ2) is 6.35. The minimum Gasteiger partial charge on any atom is -0.481 e. The van der Waals surface area contributed by atoms with Crippen LogP contribution in [0.25, 0.3) is 0 Å². The van der Waals surface area contributed by atoms with E-state index in [4.69, 9.17) is 0 Å². The molecule has 20 heavy (non-hydrogen) atoms. The molecule has 0 radical (unpaired) electrons. The van der Waals surface area contributed by atoms with Crippen molar-refractivity contribution < 1.29 is 14.3 Å². The van der Waals surface area contributed by atoms with E-state index in [-0.39, 0.29) is 23.7 Å². The number of rotatable bonds is 4. The lowest BCUT2D eigenvalue weighted by atomic mass is 9.89. The van der Waals surface area contributed by atoms with Crippen LogP contribution in [0.3, 0.4) is 0 Å². The van der Waals surface area contributed by atoms with Gasteiger partial charge in [-0.15, -0.1) is 0 Å². The number of nitrogens with zero attached hydrogens (tertiary/aromatic N) is 1. The van der Waals surface area contributed by atoms with Crippen molar-refractivity contribution in [1.82, 2.24) is 4.90 Å². The van der Waals surface area contributed by atoms with Crippen LogP contribution < -0.4 is 0 Å². The van der Waals surface area contributed by atoms with Gasteiger partial charge in [0, 0.05) is 12.6 Å². The highest BCUT2D eigenvalue weighted by Crippen LogP contribution is 2.26. The maximum absolute atomic E-state index is 12.9. The number of carboxylic acid groups (broad SMARTS) is 1. The van der Waals surface area contributed by atoms with Gasteiger partial charge in [0.25, 0.3) is 0 Å². The van der Waals surface area contributed by atoms with Crippen LogP contribution in [-0.2, 0) is 4.79 Å². The predicted molar refractivity (Wildman–Crippen MR) is 76.2 cm³/mol. The van der Waals surface area contributed by atoms with Gasteiger partial charge in [0.05, 0.1) is 5.92 Å². The maximum Gasteiger partial charge on any atom is 0.308 e. The fourth-order valence-electron chi connectivity index (χ4n) is 3.05. The Hall–Kier alpha value is -1.42.